The number of thiol groups is 1. The van der Waals surface area contributed by atoms with E-state index in [-0.39, 0.29) is 11.9 Å². The minimum atomic E-state index is -1.03. The molecule has 0 heterocycles. The second-order valence-corrected chi connectivity index (χ2v) is 3.27. The molecular weight excluding hydrogens is 176 g/mol. The third kappa shape index (κ3) is 3.00. The van der Waals surface area contributed by atoms with Crippen molar-refractivity contribution in [1.82, 2.24) is 5.32 Å². The predicted molar refractivity (Wildman–Crippen MR) is 51.3 cm³/mol. The summed E-state index contributed by atoms with van der Waals surface area (Å²) in [6.07, 6.45) is 0.398. The third-order valence-electron chi connectivity index (χ3n) is 1.73. The Morgan fingerprint density at radius 1 is 1.83 bits per heavy atom. The molecule has 0 aromatic carbocycles. The molecule has 0 aliphatic carbocycles. The van der Waals surface area contributed by atoms with Crippen LogP contribution in [0.15, 0.2) is 0 Å². The minimum Gasteiger partial charge on any atom is -0.480 e. The van der Waals surface area contributed by atoms with Crippen molar-refractivity contribution in [3.63, 3.8) is 0 Å². The molecule has 72 valence electrons. The first kappa shape index (κ1) is 11.7. The van der Waals surface area contributed by atoms with E-state index >= 15 is 0 Å². The van der Waals surface area contributed by atoms with Crippen LogP contribution < -0.4 is 11.1 Å². The summed E-state index contributed by atoms with van der Waals surface area (Å²) in [6.45, 7) is 3.45. The van der Waals surface area contributed by atoms with Crippen LogP contribution in [0.4, 0.5) is 0 Å². The molecule has 0 spiro atoms. The maximum atomic E-state index is 10.7. The smallest absolute Gasteiger partial charge is 0.324 e. The highest BCUT2D eigenvalue weighted by Crippen LogP contribution is 2.07. The van der Waals surface area contributed by atoms with Crippen molar-refractivity contribution in [2.24, 2.45) is 5.73 Å². The van der Waals surface area contributed by atoms with E-state index in [2.05, 4.69) is 17.9 Å². The zero-order chi connectivity index (χ0) is 9.78. The normalized spacial score (nSPS) is 18.3. The van der Waals surface area contributed by atoms with Crippen molar-refractivity contribution < 1.29 is 9.90 Å². The molecular formula is C7H16N2O2S. The zero-order valence-corrected chi connectivity index (χ0v) is 8.27. The molecule has 5 heteroatoms. The Kier molecular flexibility index (Phi) is 4.59. The van der Waals surface area contributed by atoms with Gasteiger partial charge in [0.1, 0.15) is 5.54 Å². The van der Waals surface area contributed by atoms with Gasteiger partial charge in [-0.2, -0.15) is 12.6 Å². The Bertz CT molecular complexity index is 165. The lowest BCUT2D eigenvalue weighted by Crippen LogP contribution is -2.57. The van der Waals surface area contributed by atoms with Crippen LogP contribution in [-0.2, 0) is 4.79 Å². The highest BCUT2D eigenvalue weighted by molar-refractivity contribution is 7.80. The molecule has 0 fully saturated rings. The van der Waals surface area contributed by atoms with Crippen LogP contribution in [0, 0.1) is 0 Å². The summed E-state index contributed by atoms with van der Waals surface area (Å²) in [7, 11) is 0. The molecule has 0 saturated carbocycles. The van der Waals surface area contributed by atoms with E-state index in [1.54, 1.807) is 6.92 Å². The van der Waals surface area contributed by atoms with Crippen LogP contribution in [-0.4, -0.2) is 28.5 Å². The van der Waals surface area contributed by atoms with Gasteiger partial charge in [0.25, 0.3) is 0 Å². The van der Waals surface area contributed by atoms with E-state index in [1.165, 1.54) is 0 Å². The number of aliphatic carboxylic acids is 1. The van der Waals surface area contributed by atoms with Gasteiger partial charge in [0.05, 0.1) is 6.17 Å². The Labute approximate surface area is 77.9 Å². The van der Waals surface area contributed by atoms with Gasteiger partial charge in [-0.15, -0.1) is 0 Å². The molecule has 4 N–H and O–H groups in total. The quantitative estimate of drug-likeness (QED) is 0.366. The van der Waals surface area contributed by atoms with Gasteiger partial charge in [-0.3, -0.25) is 10.1 Å². The highest BCUT2D eigenvalue weighted by Gasteiger charge is 2.32. The fourth-order valence-corrected chi connectivity index (χ4v) is 0.913. The number of nitrogens with two attached hydrogens (primary N) is 1. The summed E-state index contributed by atoms with van der Waals surface area (Å²) in [4.78, 5) is 10.7. The second kappa shape index (κ2) is 4.69. The standard InChI is InChI=1S/C7H16N2O2S/c1-3-5(8)9-7(2,4-12)6(10)11/h5,9,12H,3-4,8H2,1-2H3,(H,10,11). The molecule has 0 aromatic rings. The van der Waals surface area contributed by atoms with Crippen molar-refractivity contribution in [2.45, 2.75) is 32.0 Å². The van der Waals surface area contributed by atoms with E-state index < -0.39 is 11.5 Å². The van der Waals surface area contributed by atoms with Crippen molar-refractivity contribution in [3.05, 3.63) is 0 Å². The molecule has 0 rings (SSSR count). The van der Waals surface area contributed by atoms with Crippen LogP contribution in [0.5, 0.6) is 0 Å². The fourth-order valence-electron chi connectivity index (χ4n) is 0.686. The molecule has 0 bridgehead atoms. The summed E-state index contributed by atoms with van der Waals surface area (Å²) in [5.74, 6) is -0.711. The van der Waals surface area contributed by atoms with Crippen LogP contribution in [0.3, 0.4) is 0 Å². The SMILES string of the molecule is CCC(N)NC(C)(CS)C(=O)O. The number of rotatable bonds is 5. The average molecular weight is 192 g/mol. The van der Waals surface area contributed by atoms with Gasteiger partial charge in [-0.05, 0) is 13.3 Å². The molecule has 0 aromatic heterocycles. The van der Waals surface area contributed by atoms with Gasteiger partial charge in [-0.1, -0.05) is 6.92 Å². The highest BCUT2D eigenvalue weighted by atomic mass is 32.1. The van der Waals surface area contributed by atoms with E-state index in [0.29, 0.717) is 6.42 Å². The van der Waals surface area contributed by atoms with Crippen molar-refractivity contribution in [2.75, 3.05) is 5.75 Å². The van der Waals surface area contributed by atoms with Gasteiger partial charge in [0.15, 0.2) is 0 Å². The molecule has 0 aliphatic heterocycles. The van der Waals surface area contributed by atoms with Crippen LogP contribution in [0.1, 0.15) is 20.3 Å². The number of carboxylic acid groups (broad SMARTS) is 1. The lowest BCUT2D eigenvalue weighted by molar-refractivity contribution is -0.143. The number of nitrogens with one attached hydrogen (secondary N) is 1. The van der Waals surface area contributed by atoms with E-state index in [0.717, 1.165) is 0 Å². The molecule has 2 unspecified atom stereocenters. The minimum absolute atomic E-state index is 0.218. The molecule has 2 atom stereocenters. The fraction of sp³-hybridized carbons (Fsp3) is 0.857. The number of hydrogen-bond donors (Lipinski definition) is 4. The predicted octanol–water partition coefficient (Wildman–Crippen LogP) is 0.0439. The second-order valence-electron chi connectivity index (χ2n) is 2.95. The third-order valence-corrected chi connectivity index (χ3v) is 2.36. The van der Waals surface area contributed by atoms with Gasteiger partial charge in [-0.25, -0.2) is 0 Å². The van der Waals surface area contributed by atoms with Gasteiger partial charge in [0.2, 0.25) is 0 Å². The van der Waals surface area contributed by atoms with Gasteiger partial charge >= 0.3 is 5.97 Å². The molecule has 0 saturated heterocycles. The van der Waals surface area contributed by atoms with Gasteiger partial charge < -0.3 is 10.8 Å². The first-order valence-electron chi connectivity index (χ1n) is 3.83. The van der Waals surface area contributed by atoms with Crippen molar-refractivity contribution in [1.29, 1.82) is 0 Å². The van der Waals surface area contributed by atoms with Crippen LogP contribution >= 0.6 is 12.6 Å². The molecule has 0 amide bonds. The number of carboxylic acids is 1. The Balaban J connectivity index is 4.23. The Hall–Kier alpha value is -0.260. The molecule has 12 heavy (non-hydrogen) atoms. The number of hydrogen-bond acceptors (Lipinski definition) is 4. The maximum Gasteiger partial charge on any atom is 0.324 e. The monoisotopic (exact) mass is 192 g/mol. The first-order valence-corrected chi connectivity index (χ1v) is 4.47. The van der Waals surface area contributed by atoms with Crippen molar-refractivity contribution >= 4 is 18.6 Å². The summed E-state index contributed by atoms with van der Waals surface area (Å²) in [6, 6.07) is 0. The Morgan fingerprint density at radius 2 is 2.33 bits per heavy atom. The Morgan fingerprint density at radius 3 is 2.58 bits per heavy atom. The van der Waals surface area contributed by atoms with E-state index in [1.807, 2.05) is 6.92 Å². The van der Waals surface area contributed by atoms with Gasteiger partial charge in [0, 0.05) is 5.75 Å². The average Bonchev–Trinajstić information content (AvgIpc) is 2.03. The van der Waals surface area contributed by atoms with Crippen molar-refractivity contribution in [3.8, 4) is 0 Å². The molecule has 0 aliphatic rings. The van der Waals surface area contributed by atoms with Crippen LogP contribution in [0.25, 0.3) is 0 Å². The molecule has 0 radical (unpaired) electrons. The van der Waals surface area contributed by atoms with E-state index in [4.69, 9.17) is 10.8 Å². The first-order chi connectivity index (χ1) is 5.46. The van der Waals surface area contributed by atoms with Crippen LogP contribution in [0.2, 0.25) is 0 Å². The summed E-state index contributed by atoms with van der Waals surface area (Å²) >= 11 is 3.96. The molecule has 4 nitrogen and oxygen atoms in total. The topological polar surface area (TPSA) is 75.3 Å². The summed E-state index contributed by atoms with van der Waals surface area (Å²) < 4.78 is 0. The largest absolute Gasteiger partial charge is 0.480 e. The van der Waals surface area contributed by atoms with E-state index in [9.17, 15) is 4.79 Å². The summed E-state index contributed by atoms with van der Waals surface area (Å²) in [5, 5.41) is 11.6. The lowest BCUT2D eigenvalue weighted by Gasteiger charge is -2.27. The lowest BCUT2D eigenvalue weighted by atomic mass is 10.1. The zero-order valence-electron chi connectivity index (χ0n) is 7.37. The maximum absolute atomic E-state index is 10.7. The number of carbonyl (C=O) groups is 1. The summed E-state index contributed by atoms with van der Waals surface area (Å²) in [5.41, 5.74) is 4.53.